The highest BCUT2D eigenvalue weighted by molar-refractivity contribution is 7.93. The van der Waals surface area contributed by atoms with E-state index in [2.05, 4.69) is 10.6 Å². The van der Waals surface area contributed by atoms with E-state index in [9.17, 15) is 27.2 Å². The van der Waals surface area contributed by atoms with E-state index in [0.717, 1.165) is 9.80 Å². The van der Waals surface area contributed by atoms with Crippen LogP contribution < -0.4 is 10.6 Å². The van der Waals surface area contributed by atoms with Crippen molar-refractivity contribution in [3.05, 3.63) is 63.1 Å². The van der Waals surface area contributed by atoms with Crippen LogP contribution in [-0.2, 0) is 30.6 Å². The van der Waals surface area contributed by atoms with Gasteiger partial charge in [0.2, 0.25) is 32.6 Å². The van der Waals surface area contributed by atoms with E-state index in [1.165, 1.54) is 25.1 Å². The van der Waals surface area contributed by atoms with Crippen molar-refractivity contribution in [3.63, 3.8) is 0 Å². The lowest BCUT2D eigenvalue weighted by Crippen LogP contribution is -2.83. The van der Waals surface area contributed by atoms with Gasteiger partial charge < -0.3 is 10.2 Å². The molecule has 3 unspecified atom stereocenters. The van der Waals surface area contributed by atoms with Crippen LogP contribution in [0.15, 0.2) is 47.4 Å². The van der Waals surface area contributed by atoms with Crippen molar-refractivity contribution < 1.29 is 27.2 Å². The molecule has 3 amide bonds. The molecule has 0 saturated carbocycles. The van der Waals surface area contributed by atoms with Crippen molar-refractivity contribution in [2.75, 3.05) is 26.3 Å². The molecule has 2 aromatic carbocycles. The molecule has 38 heavy (non-hydrogen) atoms. The monoisotopic (exact) mass is 604 g/mol. The highest BCUT2D eigenvalue weighted by atomic mass is 35.5. The zero-order valence-corrected chi connectivity index (χ0v) is 23.2. The molecule has 0 radical (unpaired) electrons. The molecular weight excluding hydrogens is 582 g/mol. The molecule has 0 spiro atoms. The van der Waals surface area contributed by atoms with E-state index >= 15 is 0 Å². The van der Waals surface area contributed by atoms with Gasteiger partial charge in [-0.2, -0.15) is 0 Å². The first-order valence-electron chi connectivity index (χ1n) is 11.6. The topological polar surface area (TPSA) is 116 Å². The zero-order valence-electron chi connectivity index (χ0n) is 20.1. The van der Waals surface area contributed by atoms with Crippen molar-refractivity contribution >= 4 is 62.4 Å². The zero-order chi connectivity index (χ0) is 27.8. The predicted octanol–water partition coefficient (Wildman–Crippen LogP) is 2.43. The maximum absolute atomic E-state index is 14.3. The molecule has 4 rings (SSSR count). The molecule has 0 aliphatic carbocycles. The van der Waals surface area contributed by atoms with Crippen LogP contribution in [0.5, 0.6) is 0 Å². The Labute approximate surface area is 234 Å². The Morgan fingerprint density at radius 3 is 2.37 bits per heavy atom. The molecular formula is C24H24Cl3FN4O5S. The first-order valence-corrected chi connectivity index (χ1v) is 14.2. The standard InChI is InChI=1S/C24H24Cl3FN4O5S/c1-14(33)30-19-12-29-24(38(36,37)21-7-6-17(26)11-18(21)27)13-31(9-8-28)23(35)20(32(24)22(19)34)10-15-2-4-16(25)5-3-15/h2-7,11,19-20,29H,8-10,12-13H2,1H3,(H,30,33). The van der Waals surface area contributed by atoms with Crippen LogP contribution in [0.3, 0.4) is 0 Å². The number of rotatable bonds is 7. The second-order valence-corrected chi connectivity index (χ2v) is 12.4. The van der Waals surface area contributed by atoms with Gasteiger partial charge in [-0.1, -0.05) is 46.9 Å². The molecule has 2 N–H and O–H groups in total. The van der Waals surface area contributed by atoms with Gasteiger partial charge in [-0.15, -0.1) is 0 Å². The maximum atomic E-state index is 14.3. The summed E-state index contributed by atoms with van der Waals surface area (Å²) < 4.78 is 42.2. The Bertz CT molecular complexity index is 1380. The molecule has 0 aromatic heterocycles. The van der Waals surface area contributed by atoms with Crippen molar-refractivity contribution in [1.29, 1.82) is 0 Å². The van der Waals surface area contributed by atoms with E-state index in [-0.39, 0.29) is 34.5 Å². The average Bonchev–Trinajstić information content (AvgIpc) is 2.84. The van der Waals surface area contributed by atoms with Crippen molar-refractivity contribution in [2.45, 2.75) is 35.3 Å². The van der Waals surface area contributed by atoms with Crippen LogP contribution in [0.25, 0.3) is 0 Å². The molecule has 14 heteroatoms. The van der Waals surface area contributed by atoms with Crippen LogP contribution >= 0.6 is 34.8 Å². The largest absolute Gasteiger partial charge is 0.343 e. The number of halogens is 4. The van der Waals surface area contributed by atoms with Gasteiger partial charge in [-0.05, 0) is 35.9 Å². The lowest BCUT2D eigenvalue weighted by atomic mass is 9.97. The average molecular weight is 606 g/mol. The Kier molecular flexibility index (Phi) is 8.25. The van der Waals surface area contributed by atoms with E-state index in [0.29, 0.717) is 10.6 Å². The van der Waals surface area contributed by atoms with E-state index in [4.69, 9.17) is 34.8 Å². The van der Waals surface area contributed by atoms with Crippen molar-refractivity contribution in [2.24, 2.45) is 0 Å². The fraction of sp³-hybridized carbons (Fsp3) is 0.375. The van der Waals surface area contributed by atoms with E-state index in [1.807, 2.05) is 0 Å². The summed E-state index contributed by atoms with van der Waals surface area (Å²) in [6, 6.07) is 7.77. The Hall–Kier alpha value is -2.44. The number of nitrogens with zero attached hydrogens (tertiary/aromatic N) is 2. The summed E-state index contributed by atoms with van der Waals surface area (Å²) in [6.07, 6.45) is -0.0926. The van der Waals surface area contributed by atoms with Crippen LogP contribution in [0.2, 0.25) is 15.1 Å². The molecule has 204 valence electrons. The first kappa shape index (κ1) is 28.6. The van der Waals surface area contributed by atoms with Crippen molar-refractivity contribution in [3.8, 4) is 0 Å². The van der Waals surface area contributed by atoms with Crippen LogP contribution in [0, 0.1) is 0 Å². The van der Waals surface area contributed by atoms with Gasteiger partial charge in [0.15, 0.2) is 0 Å². The quantitative estimate of drug-likeness (QED) is 0.501. The van der Waals surface area contributed by atoms with Gasteiger partial charge >= 0.3 is 0 Å². The minimum atomic E-state index is -4.57. The second kappa shape index (κ2) is 11.0. The van der Waals surface area contributed by atoms with Gasteiger partial charge in [-0.3, -0.25) is 24.6 Å². The number of hydrogen-bond acceptors (Lipinski definition) is 6. The van der Waals surface area contributed by atoms with Crippen LogP contribution in [0.4, 0.5) is 4.39 Å². The SMILES string of the molecule is CC(=O)NC1CNC2(S(=O)(=O)c3ccc(Cl)cc3Cl)CN(CCF)C(=O)C(Cc3ccc(Cl)cc3)N2C1=O. The van der Waals surface area contributed by atoms with Gasteiger partial charge in [0.05, 0.1) is 16.5 Å². The number of carbonyl (C=O) groups is 3. The number of piperazine rings is 1. The number of fused-ring (bicyclic) bond motifs is 1. The Morgan fingerprint density at radius 1 is 1.11 bits per heavy atom. The van der Waals surface area contributed by atoms with E-state index in [1.54, 1.807) is 24.3 Å². The molecule has 2 fully saturated rings. The fourth-order valence-electron chi connectivity index (χ4n) is 4.83. The maximum Gasteiger partial charge on any atom is 0.249 e. The highest BCUT2D eigenvalue weighted by Crippen LogP contribution is 2.40. The Morgan fingerprint density at radius 2 is 1.76 bits per heavy atom. The predicted molar refractivity (Wildman–Crippen MR) is 140 cm³/mol. The second-order valence-electron chi connectivity index (χ2n) is 9.00. The number of nitrogens with one attached hydrogen (secondary N) is 2. The third-order valence-corrected chi connectivity index (χ3v) is 9.73. The summed E-state index contributed by atoms with van der Waals surface area (Å²) in [5.74, 6) is -1.93. The summed E-state index contributed by atoms with van der Waals surface area (Å²) >= 11 is 18.3. The van der Waals surface area contributed by atoms with Gasteiger partial charge in [-0.25, -0.2) is 12.8 Å². The number of benzene rings is 2. The number of sulfone groups is 1. The summed E-state index contributed by atoms with van der Waals surface area (Å²) in [6.45, 7) is -0.924. The fourth-order valence-corrected chi connectivity index (χ4v) is 7.67. The lowest BCUT2D eigenvalue weighted by molar-refractivity contribution is -0.165. The molecule has 9 nitrogen and oxygen atoms in total. The number of carbonyl (C=O) groups excluding carboxylic acids is 3. The summed E-state index contributed by atoms with van der Waals surface area (Å²) in [7, 11) is -4.57. The van der Waals surface area contributed by atoms with Crippen LogP contribution in [0.1, 0.15) is 12.5 Å². The Balaban J connectivity index is 1.92. The number of amides is 3. The molecule has 2 heterocycles. The molecule has 0 bridgehead atoms. The molecule has 2 saturated heterocycles. The third kappa shape index (κ3) is 5.10. The van der Waals surface area contributed by atoms with E-state index < -0.39 is 57.9 Å². The summed E-state index contributed by atoms with van der Waals surface area (Å²) in [5.41, 5.74) is 0.583. The van der Waals surface area contributed by atoms with Gasteiger partial charge in [0.25, 0.3) is 0 Å². The molecule has 3 atom stereocenters. The van der Waals surface area contributed by atoms with Gasteiger partial charge in [0.1, 0.15) is 18.8 Å². The highest BCUT2D eigenvalue weighted by Gasteiger charge is 2.63. The molecule has 2 aliphatic rings. The van der Waals surface area contributed by atoms with Gasteiger partial charge in [0, 0.05) is 36.5 Å². The first-order chi connectivity index (χ1) is 17.9. The normalized spacial score (nSPS) is 23.8. The van der Waals surface area contributed by atoms with Crippen LogP contribution in [-0.4, -0.2) is 79.3 Å². The van der Waals surface area contributed by atoms with Crippen molar-refractivity contribution in [1.82, 2.24) is 20.4 Å². The number of hydrogen-bond donors (Lipinski definition) is 2. The summed E-state index contributed by atoms with van der Waals surface area (Å²) in [4.78, 5) is 38.8. The smallest absolute Gasteiger partial charge is 0.249 e. The lowest BCUT2D eigenvalue weighted by Gasteiger charge is -2.56. The summed E-state index contributed by atoms with van der Waals surface area (Å²) in [5, 5.41) is 5.86. The molecule has 2 aromatic rings. The number of alkyl halides is 1. The minimum Gasteiger partial charge on any atom is -0.343 e. The molecule has 2 aliphatic heterocycles. The third-order valence-electron chi connectivity index (χ3n) is 6.52. The minimum absolute atomic E-state index is 0.0926.